The smallest absolute Gasteiger partial charge is 0.246 e. The predicted octanol–water partition coefficient (Wildman–Crippen LogP) is 3.17. The van der Waals surface area contributed by atoms with Crippen LogP contribution < -0.4 is 15.0 Å². The predicted molar refractivity (Wildman–Crippen MR) is 140 cm³/mol. The van der Waals surface area contributed by atoms with Crippen LogP contribution in [0, 0.1) is 11.3 Å². The number of rotatable bonds is 4. The molecular weight excluding hydrogens is 468 g/mol. The highest BCUT2D eigenvalue weighted by molar-refractivity contribution is 5.87. The van der Waals surface area contributed by atoms with Crippen LogP contribution >= 0.6 is 0 Å². The van der Waals surface area contributed by atoms with Crippen molar-refractivity contribution in [2.45, 2.75) is 31.4 Å². The minimum absolute atomic E-state index is 0.00922. The molecule has 3 saturated heterocycles. The summed E-state index contributed by atoms with van der Waals surface area (Å²) in [6, 6.07) is 8.87. The number of anilines is 3. The Balaban J connectivity index is 1.24. The van der Waals surface area contributed by atoms with E-state index in [4.69, 9.17) is 9.47 Å². The number of amides is 1. The molecule has 0 radical (unpaired) electrons. The second-order valence-electron chi connectivity index (χ2n) is 10.2. The molecule has 6 rings (SSSR count). The lowest BCUT2D eigenvalue weighted by Gasteiger charge is -2.43. The Kier molecular flexibility index (Phi) is 6.22. The highest BCUT2D eigenvalue weighted by atomic mass is 16.5. The maximum Gasteiger partial charge on any atom is 0.246 e. The molecule has 0 bridgehead atoms. The van der Waals surface area contributed by atoms with E-state index < -0.39 is 0 Å². The van der Waals surface area contributed by atoms with Gasteiger partial charge in [0.25, 0.3) is 0 Å². The first-order valence-electron chi connectivity index (χ1n) is 13.0. The van der Waals surface area contributed by atoms with Gasteiger partial charge in [0.2, 0.25) is 5.91 Å². The molecule has 5 heterocycles. The molecule has 1 aromatic heterocycles. The lowest BCUT2D eigenvalue weighted by atomic mass is 9.88. The first-order chi connectivity index (χ1) is 18.1. The molecule has 1 N–H and O–H groups in total. The summed E-state index contributed by atoms with van der Waals surface area (Å²) in [7, 11) is 0. The molecule has 0 spiro atoms. The monoisotopic (exact) mass is 500 g/mol. The van der Waals surface area contributed by atoms with Crippen molar-refractivity contribution in [1.29, 1.82) is 5.26 Å². The van der Waals surface area contributed by atoms with Gasteiger partial charge in [-0.1, -0.05) is 6.58 Å². The molecule has 192 valence electrons. The number of carbonyl (C=O) groups excluding carboxylic acids is 1. The number of aromatic nitrogens is 1. The Bertz CT molecular complexity index is 1260. The fraction of sp³-hybridized carbons (Fsp3) is 0.464. The van der Waals surface area contributed by atoms with Gasteiger partial charge in [-0.15, -0.1) is 0 Å². The number of nitrogens with zero attached hydrogens (tertiary/aromatic N) is 5. The molecule has 2 aromatic rings. The van der Waals surface area contributed by atoms with Gasteiger partial charge in [0.15, 0.2) is 5.75 Å². The third kappa shape index (κ3) is 4.30. The molecule has 0 saturated carbocycles. The summed E-state index contributed by atoms with van der Waals surface area (Å²) in [5.41, 5.74) is 4.54. The number of carbonyl (C=O) groups is 1. The Morgan fingerprint density at radius 1 is 1.24 bits per heavy atom. The summed E-state index contributed by atoms with van der Waals surface area (Å²) in [5, 5.41) is 13.5. The zero-order valence-corrected chi connectivity index (χ0v) is 21.2. The van der Waals surface area contributed by atoms with Gasteiger partial charge >= 0.3 is 0 Å². The Morgan fingerprint density at radius 2 is 2.05 bits per heavy atom. The lowest BCUT2D eigenvalue weighted by Crippen LogP contribution is -2.51. The highest BCUT2D eigenvalue weighted by Gasteiger charge is 2.38. The largest absolute Gasteiger partial charge is 0.482 e. The molecule has 37 heavy (non-hydrogen) atoms. The first-order valence-corrected chi connectivity index (χ1v) is 13.0. The van der Waals surface area contributed by atoms with Gasteiger partial charge < -0.3 is 24.6 Å². The van der Waals surface area contributed by atoms with Gasteiger partial charge in [0.05, 0.1) is 30.0 Å². The maximum atomic E-state index is 12.0. The van der Waals surface area contributed by atoms with Crippen molar-refractivity contribution in [2.24, 2.45) is 0 Å². The lowest BCUT2D eigenvalue weighted by molar-refractivity contribution is -0.125. The molecule has 1 amide bonds. The van der Waals surface area contributed by atoms with Crippen molar-refractivity contribution < 1.29 is 14.3 Å². The summed E-state index contributed by atoms with van der Waals surface area (Å²) >= 11 is 0. The molecule has 9 nitrogen and oxygen atoms in total. The molecule has 0 aliphatic carbocycles. The zero-order chi connectivity index (χ0) is 25.5. The topological polar surface area (TPSA) is 94.0 Å². The number of hydrogen-bond donors (Lipinski definition) is 1. The molecule has 2 atom stereocenters. The summed E-state index contributed by atoms with van der Waals surface area (Å²) in [5.74, 6) is 1.69. The Morgan fingerprint density at radius 3 is 2.81 bits per heavy atom. The summed E-state index contributed by atoms with van der Waals surface area (Å²) < 4.78 is 12.0. The van der Waals surface area contributed by atoms with Gasteiger partial charge in [-0.3, -0.25) is 9.69 Å². The highest BCUT2D eigenvalue weighted by Crippen LogP contribution is 2.45. The van der Waals surface area contributed by atoms with Crippen LogP contribution in [0.5, 0.6) is 5.75 Å². The van der Waals surface area contributed by atoms with Gasteiger partial charge in [-0.05, 0) is 43.2 Å². The Hall–Kier alpha value is -3.61. The van der Waals surface area contributed by atoms with E-state index in [1.54, 1.807) is 0 Å². The summed E-state index contributed by atoms with van der Waals surface area (Å²) in [6.45, 7) is 12.0. The van der Waals surface area contributed by atoms with Gasteiger partial charge in [0, 0.05) is 63.1 Å². The van der Waals surface area contributed by atoms with Crippen LogP contribution in [-0.4, -0.2) is 79.2 Å². The molecule has 3 fully saturated rings. The van der Waals surface area contributed by atoms with Crippen molar-refractivity contribution in [3.05, 3.63) is 53.7 Å². The van der Waals surface area contributed by atoms with E-state index >= 15 is 0 Å². The van der Waals surface area contributed by atoms with E-state index in [9.17, 15) is 10.1 Å². The quantitative estimate of drug-likeness (QED) is 0.640. The van der Waals surface area contributed by atoms with Crippen LogP contribution in [0.2, 0.25) is 0 Å². The molecular formula is C28H32N6O3. The van der Waals surface area contributed by atoms with E-state index in [0.29, 0.717) is 36.5 Å². The van der Waals surface area contributed by atoms with Crippen LogP contribution in [0.25, 0.3) is 0 Å². The van der Waals surface area contributed by atoms with Crippen LogP contribution in [-0.2, 0) is 9.53 Å². The molecule has 4 aliphatic rings. The van der Waals surface area contributed by atoms with Gasteiger partial charge in [0.1, 0.15) is 18.0 Å². The maximum absolute atomic E-state index is 12.0. The number of fused-ring (bicyclic) bond motifs is 2. The number of pyridine rings is 1. The summed E-state index contributed by atoms with van der Waals surface area (Å²) in [6.07, 6.45) is 3.94. The number of benzene rings is 1. The van der Waals surface area contributed by atoms with Crippen LogP contribution in [0.1, 0.15) is 42.1 Å². The van der Waals surface area contributed by atoms with Crippen LogP contribution in [0.15, 0.2) is 37.1 Å². The average molecular weight is 501 g/mol. The number of nitrogens with one attached hydrogen (secondary N) is 1. The fourth-order valence-electron chi connectivity index (χ4n) is 5.99. The average Bonchev–Trinajstić information content (AvgIpc) is 3.32. The second-order valence-corrected chi connectivity index (χ2v) is 10.2. The number of nitriles is 1. The van der Waals surface area contributed by atoms with E-state index in [1.807, 2.05) is 30.2 Å². The second kappa shape index (κ2) is 9.69. The standard InChI is InChI=1S/C28H32N6O3/c1-3-25(35)33-7-5-22(17-33)34-15-21(16-34)19-12-20(14-29)27-23(13-19)31-28-26(18(2)37-27)24(4-6-30-28)32-8-10-36-11-9-32/h3-4,6,12-13,18,21-22H,1,5,7-11,15-17H2,2H3,(H,30,31)/t18-,22-/m1/s1. The van der Waals surface area contributed by atoms with Crippen molar-refractivity contribution in [1.82, 2.24) is 14.8 Å². The van der Waals surface area contributed by atoms with Crippen molar-refractivity contribution in [3.63, 3.8) is 0 Å². The van der Waals surface area contributed by atoms with E-state index in [-0.39, 0.29) is 12.0 Å². The minimum Gasteiger partial charge on any atom is -0.482 e. The first kappa shape index (κ1) is 23.8. The zero-order valence-electron chi connectivity index (χ0n) is 21.2. The van der Waals surface area contributed by atoms with Crippen molar-refractivity contribution in [3.8, 4) is 11.8 Å². The van der Waals surface area contributed by atoms with E-state index in [2.05, 4.69) is 38.8 Å². The van der Waals surface area contributed by atoms with E-state index in [1.165, 1.54) is 6.08 Å². The third-order valence-electron chi connectivity index (χ3n) is 8.05. The van der Waals surface area contributed by atoms with Crippen LogP contribution in [0.3, 0.4) is 0 Å². The minimum atomic E-state index is -0.268. The summed E-state index contributed by atoms with van der Waals surface area (Å²) in [4.78, 5) is 23.2. The van der Waals surface area contributed by atoms with Crippen molar-refractivity contribution in [2.75, 3.05) is 62.7 Å². The number of hydrogen-bond acceptors (Lipinski definition) is 8. The number of likely N-dealkylation sites (tertiary alicyclic amines) is 2. The van der Waals surface area contributed by atoms with Crippen molar-refractivity contribution >= 4 is 23.1 Å². The molecule has 4 aliphatic heterocycles. The fourth-order valence-corrected chi connectivity index (χ4v) is 5.99. The molecule has 9 heteroatoms. The molecule has 0 unspecified atom stereocenters. The third-order valence-corrected chi connectivity index (χ3v) is 8.05. The van der Waals surface area contributed by atoms with E-state index in [0.717, 1.165) is 74.0 Å². The number of ether oxygens (including phenoxy) is 2. The van der Waals surface area contributed by atoms with Crippen LogP contribution in [0.4, 0.5) is 17.2 Å². The number of morpholine rings is 1. The normalized spacial score (nSPS) is 23.6. The SMILES string of the molecule is C=CC(=O)N1CC[C@@H](N2CC(c3cc(C#N)c4c(c3)Nc3nccc(N5CCOCC5)c3[C@@H](C)O4)C2)C1. The van der Waals surface area contributed by atoms with Gasteiger partial charge in [-0.25, -0.2) is 4.98 Å². The van der Waals surface area contributed by atoms with Gasteiger partial charge in [-0.2, -0.15) is 5.26 Å². The molecule has 1 aromatic carbocycles. The Labute approximate surface area is 217 Å².